The third-order valence-electron chi connectivity index (χ3n) is 4.44. The van der Waals surface area contributed by atoms with Crippen LogP contribution in [0.5, 0.6) is 0 Å². The van der Waals surface area contributed by atoms with E-state index in [-0.39, 0.29) is 31.1 Å². The van der Waals surface area contributed by atoms with Crippen LogP contribution < -0.4 is 4.72 Å². The molecule has 0 aliphatic heterocycles. The van der Waals surface area contributed by atoms with Crippen molar-refractivity contribution in [3.63, 3.8) is 0 Å². The van der Waals surface area contributed by atoms with Crippen LogP contribution in [-0.4, -0.2) is 36.2 Å². The zero-order chi connectivity index (χ0) is 23.7. The summed E-state index contributed by atoms with van der Waals surface area (Å²) < 4.78 is 71.4. The van der Waals surface area contributed by atoms with Gasteiger partial charge in [0.25, 0.3) is 10.0 Å². The summed E-state index contributed by atoms with van der Waals surface area (Å²) in [6.45, 7) is 0. The van der Waals surface area contributed by atoms with Crippen molar-refractivity contribution in [2.45, 2.75) is 9.79 Å². The second-order valence-corrected chi connectivity index (χ2v) is 11.3. The van der Waals surface area contributed by atoms with Gasteiger partial charge in [0.1, 0.15) is 10.7 Å². The maximum Gasteiger partial charge on any atom is 0.337 e. The van der Waals surface area contributed by atoms with Gasteiger partial charge in [0.2, 0.25) is 0 Å². The monoisotopic (exact) mass is 541 g/mol. The van der Waals surface area contributed by atoms with E-state index in [1.54, 1.807) is 6.07 Å². The van der Waals surface area contributed by atoms with Crippen molar-refractivity contribution >= 4 is 47.4 Å². The summed E-state index contributed by atoms with van der Waals surface area (Å²) in [5.41, 5.74) is 0.533. The molecule has 32 heavy (non-hydrogen) atoms. The number of esters is 1. The number of rotatable bonds is 6. The fraction of sp³-hybridized carbons (Fsp3) is 0.0952. The molecule has 0 bridgehead atoms. The lowest BCUT2D eigenvalue weighted by Crippen LogP contribution is -2.16. The van der Waals surface area contributed by atoms with Crippen LogP contribution in [0.1, 0.15) is 10.4 Å². The van der Waals surface area contributed by atoms with E-state index in [4.69, 9.17) is 0 Å². The van der Waals surface area contributed by atoms with Gasteiger partial charge in [-0.2, -0.15) is 0 Å². The number of hydrogen-bond acceptors (Lipinski definition) is 6. The maximum absolute atomic E-state index is 13.8. The van der Waals surface area contributed by atoms with E-state index in [1.807, 2.05) is 0 Å². The van der Waals surface area contributed by atoms with Gasteiger partial charge in [0.15, 0.2) is 9.84 Å². The Morgan fingerprint density at radius 1 is 1.00 bits per heavy atom. The van der Waals surface area contributed by atoms with Crippen LogP contribution in [0.3, 0.4) is 0 Å². The van der Waals surface area contributed by atoms with Gasteiger partial charge in [-0.3, -0.25) is 4.72 Å². The summed E-state index contributed by atoms with van der Waals surface area (Å²) in [6.07, 6.45) is 0.985. The number of methoxy groups -OCH3 is 1. The van der Waals surface area contributed by atoms with E-state index in [0.717, 1.165) is 18.4 Å². The number of benzene rings is 3. The topological polar surface area (TPSA) is 107 Å². The Bertz CT molecular complexity index is 1420. The molecular weight excluding hydrogens is 525 g/mol. The van der Waals surface area contributed by atoms with Gasteiger partial charge >= 0.3 is 5.97 Å². The van der Waals surface area contributed by atoms with Gasteiger partial charge in [-0.25, -0.2) is 26.0 Å². The highest BCUT2D eigenvalue weighted by Gasteiger charge is 2.23. The molecule has 0 unspecified atom stereocenters. The van der Waals surface area contributed by atoms with E-state index in [0.29, 0.717) is 5.56 Å². The molecule has 168 valence electrons. The quantitative estimate of drug-likeness (QED) is 0.467. The van der Waals surface area contributed by atoms with Crippen molar-refractivity contribution in [2.24, 2.45) is 0 Å². The Kier molecular flexibility index (Phi) is 6.72. The minimum atomic E-state index is -4.30. The van der Waals surface area contributed by atoms with Crippen molar-refractivity contribution in [1.82, 2.24) is 0 Å². The molecule has 3 rings (SSSR count). The lowest BCUT2D eigenvalue weighted by molar-refractivity contribution is 0.0600. The number of ether oxygens (including phenoxy) is 1. The van der Waals surface area contributed by atoms with Crippen LogP contribution in [0.4, 0.5) is 10.1 Å². The third kappa shape index (κ3) is 5.17. The second kappa shape index (κ2) is 9.00. The Morgan fingerprint density at radius 3 is 2.34 bits per heavy atom. The van der Waals surface area contributed by atoms with Crippen LogP contribution in [0.25, 0.3) is 11.1 Å². The van der Waals surface area contributed by atoms with E-state index >= 15 is 0 Å². The van der Waals surface area contributed by atoms with Crippen molar-refractivity contribution in [3.8, 4) is 11.1 Å². The molecule has 0 aliphatic carbocycles. The smallest absolute Gasteiger partial charge is 0.337 e. The number of halogens is 2. The first kappa shape index (κ1) is 23.9. The highest BCUT2D eigenvalue weighted by atomic mass is 79.9. The van der Waals surface area contributed by atoms with Gasteiger partial charge in [-0.1, -0.05) is 18.2 Å². The number of nitrogens with one attached hydrogen (secondary N) is 1. The summed E-state index contributed by atoms with van der Waals surface area (Å²) in [7, 11) is -6.80. The predicted molar refractivity (Wildman–Crippen MR) is 121 cm³/mol. The van der Waals surface area contributed by atoms with Crippen LogP contribution in [0.15, 0.2) is 74.9 Å². The molecule has 1 N–H and O–H groups in total. The molecule has 0 fully saturated rings. The first-order valence-corrected chi connectivity index (χ1v) is 13.1. The number of hydrogen-bond donors (Lipinski definition) is 1. The highest BCUT2D eigenvalue weighted by molar-refractivity contribution is 9.10. The zero-order valence-corrected chi connectivity index (χ0v) is 20.0. The van der Waals surface area contributed by atoms with Crippen LogP contribution in [0, 0.1) is 5.82 Å². The average Bonchev–Trinajstić information content (AvgIpc) is 2.72. The molecule has 0 spiro atoms. The molecule has 0 radical (unpaired) electrons. The maximum atomic E-state index is 13.8. The molecule has 0 amide bonds. The van der Waals surface area contributed by atoms with Crippen LogP contribution in [0.2, 0.25) is 0 Å². The molecule has 0 saturated heterocycles. The zero-order valence-electron chi connectivity index (χ0n) is 16.8. The van der Waals surface area contributed by atoms with E-state index in [9.17, 15) is 26.0 Å². The SMILES string of the molecule is COC(=O)c1ccc(Br)c(S(=O)(=O)Nc2cc(S(C)(=O)=O)ccc2-c2cccc(F)c2)c1. The highest BCUT2D eigenvalue weighted by Crippen LogP contribution is 2.34. The first-order chi connectivity index (χ1) is 14.9. The number of anilines is 1. The molecular formula is C21H17BrFNO6S2. The summed E-state index contributed by atoms with van der Waals surface area (Å²) >= 11 is 3.15. The normalized spacial score (nSPS) is 11.8. The fourth-order valence-electron chi connectivity index (χ4n) is 2.90. The van der Waals surface area contributed by atoms with E-state index in [1.165, 1.54) is 49.6 Å². The van der Waals surface area contributed by atoms with Gasteiger partial charge in [0, 0.05) is 16.3 Å². The molecule has 3 aromatic rings. The lowest BCUT2D eigenvalue weighted by Gasteiger charge is -2.15. The molecule has 0 saturated carbocycles. The van der Waals surface area contributed by atoms with E-state index < -0.39 is 31.6 Å². The number of sulfonamides is 1. The largest absolute Gasteiger partial charge is 0.465 e. The number of sulfone groups is 1. The molecule has 0 aliphatic rings. The van der Waals surface area contributed by atoms with Crippen molar-refractivity contribution in [1.29, 1.82) is 0 Å². The minimum Gasteiger partial charge on any atom is -0.465 e. The minimum absolute atomic E-state index is 0.00585. The average molecular weight is 542 g/mol. The number of carbonyl (C=O) groups is 1. The Balaban J connectivity index is 2.17. The summed E-state index contributed by atoms with van der Waals surface area (Å²) in [4.78, 5) is 11.4. The summed E-state index contributed by atoms with van der Waals surface area (Å²) in [5, 5.41) is 0. The van der Waals surface area contributed by atoms with Crippen molar-refractivity contribution in [3.05, 3.63) is 76.5 Å². The Hall–Kier alpha value is -2.76. The molecule has 0 heterocycles. The Labute approximate surface area is 193 Å². The van der Waals surface area contributed by atoms with Gasteiger partial charge in [-0.05, 0) is 64.0 Å². The van der Waals surface area contributed by atoms with Crippen LogP contribution >= 0.6 is 15.9 Å². The molecule has 7 nitrogen and oxygen atoms in total. The van der Waals surface area contributed by atoms with Crippen molar-refractivity contribution in [2.75, 3.05) is 18.1 Å². The van der Waals surface area contributed by atoms with Crippen LogP contribution in [-0.2, 0) is 24.6 Å². The molecule has 3 aromatic carbocycles. The van der Waals surface area contributed by atoms with Gasteiger partial charge in [0.05, 0.1) is 23.3 Å². The Morgan fingerprint density at radius 2 is 1.72 bits per heavy atom. The van der Waals surface area contributed by atoms with Crippen molar-refractivity contribution < 1.29 is 30.8 Å². The number of carbonyl (C=O) groups excluding carboxylic acids is 1. The first-order valence-electron chi connectivity index (χ1n) is 8.93. The fourth-order valence-corrected chi connectivity index (χ4v) is 5.61. The lowest BCUT2D eigenvalue weighted by atomic mass is 10.0. The second-order valence-electron chi connectivity index (χ2n) is 6.73. The predicted octanol–water partition coefficient (Wildman–Crippen LogP) is 4.25. The van der Waals surface area contributed by atoms with Gasteiger partial charge < -0.3 is 4.74 Å². The third-order valence-corrected chi connectivity index (χ3v) is 7.91. The van der Waals surface area contributed by atoms with E-state index in [2.05, 4.69) is 25.4 Å². The molecule has 0 aromatic heterocycles. The standard InChI is InChI=1S/C21H17BrFNO6S2/c1-30-21(25)14-6-9-18(22)20(11-14)32(28,29)24-19-12-16(31(2,26)27)7-8-17(19)13-4-3-5-15(23)10-13/h3-12,24H,1-2H3. The summed E-state index contributed by atoms with van der Waals surface area (Å²) in [5.74, 6) is -1.27. The molecule has 0 atom stereocenters. The summed E-state index contributed by atoms with van der Waals surface area (Å²) in [6, 6.07) is 13.2. The van der Waals surface area contributed by atoms with Gasteiger partial charge in [-0.15, -0.1) is 0 Å². The molecule has 11 heteroatoms.